The van der Waals surface area contributed by atoms with Gasteiger partial charge in [-0.25, -0.2) is 0 Å². The predicted octanol–water partition coefficient (Wildman–Crippen LogP) is 2.58. The van der Waals surface area contributed by atoms with Crippen LogP contribution in [-0.2, 0) is 14.3 Å². The van der Waals surface area contributed by atoms with Gasteiger partial charge in [0.05, 0.1) is 19.8 Å². The number of rotatable bonds is 8. The molecule has 3 rings (SSSR count). The number of ether oxygens (including phenoxy) is 1. The number of carbonyl (C=O) groups is 3. The van der Waals surface area contributed by atoms with Gasteiger partial charge in [0, 0.05) is 49.9 Å². The normalized spacial score (nSPS) is 13.6. The van der Waals surface area contributed by atoms with Crippen LogP contribution >= 0.6 is 0 Å². The summed E-state index contributed by atoms with van der Waals surface area (Å²) < 4.78 is 5.36. The van der Waals surface area contributed by atoms with E-state index in [9.17, 15) is 14.4 Å². The van der Waals surface area contributed by atoms with Gasteiger partial charge in [0.25, 0.3) is 0 Å². The molecule has 7 nitrogen and oxygen atoms in total. The number of carbonyl (C=O) groups excluding carboxylic acids is 3. The van der Waals surface area contributed by atoms with Crippen molar-refractivity contribution in [3.63, 3.8) is 0 Å². The molecule has 1 fully saturated rings. The van der Waals surface area contributed by atoms with Crippen LogP contribution in [0.25, 0.3) is 0 Å². The van der Waals surface area contributed by atoms with Crippen LogP contribution in [0.2, 0.25) is 0 Å². The molecule has 0 bridgehead atoms. The van der Waals surface area contributed by atoms with Crippen LogP contribution in [-0.4, -0.2) is 62.4 Å². The number of hydrogen-bond acceptors (Lipinski definition) is 5. The molecule has 0 aromatic heterocycles. The Hall–Kier alpha value is -3.19. The number of anilines is 2. The summed E-state index contributed by atoms with van der Waals surface area (Å²) in [6.07, 6.45) is 0.198. The van der Waals surface area contributed by atoms with Crippen molar-refractivity contribution >= 4 is 29.0 Å². The Kier molecular flexibility index (Phi) is 7.57. The molecule has 0 spiro atoms. The molecule has 0 saturated carbocycles. The third kappa shape index (κ3) is 6.15. The molecule has 0 unspecified atom stereocenters. The molecule has 0 atom stereocenters. The van der Waals surface area contributed by atoms with Gasteiger partial charge >= 0.3 is 0 Å². The van der Waals surface area contributed by atoms with Crippen LogP contribution in [0.4, 0.5) is 11.4 Å². The van der Waals surface area contributed by atoms with E-state index in [1.165, 1.54) is 4.90 Å². The summed E-state index contributed by atoms with van der Waals surface area (Å²) >= 11 is 0. The lowest BCUT2D eigenvalue weighted by atomic mass is 10.1. The average Bonchev–Trinajstić information content (AvgIpc) is 2.78. The Morgan fingerprint density at radius 1 is 0.967 bits per heavy atom. The standard InChI is InChI=1S/C23H27N3O4/c1-25(23(29)12-11-21(27)18-5-3-2-4-6-18)17-22(28)24-19-7-9-20(10-8-19)26-13-15-30-16-14-26/h2-10H,11-17H2,1H3,(H,24,28). The zero-order valence-electron chi connectivity index (χ0n) is 17.2. The van der Waals surface area contributed by atoms with Crippen molar-refractivity contribution in [2.24, 2.45) is 0 Å². The Balaban J connectivity index is 1.43. The van der Waals surface area contributed by atoms with Crippen LogP contribution in [0, 0.1) is 0 Å². The largest absolute Gasteiger partial charge is 0.378 e. The first-order valence-electron chi connectivity index (χ1n) is 10.1. The quantitative estimate of drug-likeness (QED) is 0.678. The maximum absolute atomic E-state index is 12.3. The van der Waals surface area contributed by atoms with Gasteiger partial charge < -0.3 is 19.9 Å². The Morgan fingerprint density at radius 3 is 2.30 bits per heavy atom. The molecule has 1 aliphatic heterocycles. The fourth-order valence-corrected chi connectivity index (χ4v) is 3.26. The summed E-state index contributed by atoms with van der Waals surface area (Å²) in [5.74, 6) is -0.599. The van der Waals surface area contributed by atoms with Gasteiger partial charge in [0.1, 0.15) is 0 Å². The lowest BCUT2D eigenvalue weighted by Crippen LogP contribution is -2.36. The third-order valence-corrected chi connectivity index (χ3v) is 5.00. The highest BCUT2D eigenvalue weighted by atomic mass is 16.5. The van der Waals surface area contributed by atoms with E-state index in [1.807, 2.05) is 30.3 Å². The minimum Gasteiger partial charge on any atom is -0.378 e. The van der Waals surface area contributed by atoms with Gasteiger partial charge in [-0.05, 0) is 24.3 Å². The fourth-order valence-electron chi connectivity index (χ4n) is 3.26. The Morgan fingerprint density at radius 2 is 1.63 bits per heavy atom. The number of hydrogen-bond donors (Lipinski definition) is 1. The first-order valence-corrected chi connectivity index (χ1v) is 10.1. The van der Waals surface area contributed by atoms with Crippen LogP contribution in [0.5, 0.6) is 0 Å². The molecule has 30 heavy (non-hydrogen) atoms. The van der Waals surface area contributed by atoms with E-state index in [0.717, 1.165) is 32.0 Å². The molecule has 1 saturated heterocycles. The van der Waals surface area contributed by atoms with Gasteiger partial charge in [-0.1, -0.05) is 30.3 Å². The van der Waals surface area contributed by atoms with Gasteiger partial charge in [0.2, 0.25) is 11.8 Å². The van der Waals surface area contributed by atoms with Crippen molar-refractivity contribution in [1.82, 2.24) is 4.90 Å². The number of amides is 2. The number of ketones is 1. The van der Waals surface area contributed by atoms with Crippen LogP contribution in [0.3, 0.4) is 0 Å². The van der Waals surface area contributed by atoms with E-state index in [-0.39, 0.29) is 37.0 Å². The molecule has 1 N–H and O–H groups in total. The van der Waals surface area contributed by atoms with Crippen molar-refractivity contribution in [2.75, 3.05) is 50.1 Å². The van der Waals surface area contributed by atoms with E-state index < -0.39 is 0 Å². The molecule has 0 aliphatic carbocycles. The van der Waals surface area contributed by atoms with Crippen LogP contribution in [0.15, 0.2) is 54.6 Å². The van der Waals surface area contributed by atoms with Crippen molar-refractivity contribution < 1.29 is 19.1 Å². The van der Waals surface area contributed by atoms with Gasteiger partial charge in [-0.2, -0.15) is 0 Å². The average molecular weight is 409 g/mol. The number of nitrogens with zero attached hydrogens (tertiary/aromatic N) is 2. The van der Waals surface area contributed by atoms with E-state index in [4.69, 9.17) is 4.74 Å². The van der Waals surface area contributed by atoms with Crippen molar-refractivity contribution in [3.8, 4) is 0 Å². The molecule has 0 radical (unpaired) electrons. The highest BCUT2D eigenvalue weighted by molar-refractivity contribution is 5.98. The van der Waals surface area contributed by atoms with Crippen molar-refractivity contribution in [1.29, 1.82) is 0 Å². The monoisotopic (exact) mass is 409 g/mol. The van der Waals surface area contributed by atoms with Crippen molar-refractivity contribution in [2.45, 2.75) is 12.8 Å². The summed E-state index contributed by atoms with van der Waals surface area (Å²) in [5.41, 5.74) is 2.36. The fraction of sp³-hybridized carbons (Fsp3) is 0.348. The number of Topliss-reactive ketones (excluding diaryl/α,β-unsaturated/α-hetero) is 1. The summed E-state index contributed by atoms with van der Waals surface area (Å²) in [6, 6.07) is 16.5. The maximum Gasteiger partial charge on any atom is 0.243 e. The minimum atomic E-state index is -0.278. The smallest absolute Gasteiger partial charge is 0.243 e. The number of morpholine rings is 1. The number of likely N-dealkylation sites (N-methyl/N-ethyl adjacent to an activating group) is 1. The van der Waals surface area contributed by atoms with Gasteiger partial charge in [0.15, 0.2) is 5.78 Å². The first kappa shape index (κ1) is 21.5. The van der Waals surface area contributed by atoms with Gasteiger partial charge in [-0.3, -0.25) is 14.4 Å². The minimum absolute atomic E-state index is 0.0659. The second kappa shape index (κ2) is 10.5. The second-order valence-electron chi connectivity index (χ2n) is 7.23. The lowest BCUT2D eigenvalue weighted by Gasteiger charge is -2.28. The SMILES string of the molecule is CN(CC(=O)Nc1ccc(N2CCOCC2)cc1)C(=O)CCC(=O)c1ccccc1. The van der Waals surface area contributed by atoms with E-state index in [2.05, 4.69) is 10.2 Å². The molecule has 1 aliphatic rings. The molecule has 2 aromatic carbocycles. The second-order valence-corrected chi connectivity index (χ2v) is 7.23. The summed E-state index contributed by atoms with van der Waals surface area (Å²) in [7, 11) is 1.57. The number of benzene rings is 2. The zero-order chi connectivity index (χ0) is 21.3. The molecule has 158 valence electrons. The first-order chi connectivity index (χ1) is 14.5. The predicted molar refractivity (Wildman–Crippen MR) is 116 cm³/mol. The Bertz CT molecular complexity index is 862. The topological polar surface area (TPSA) is 79.0 Å². The highest BCUT2D eigenvalue weighted by Crippen LogP contribution is 2.19. The summed E-state index contributed by atoms with van der Waals surface area (Å²) in [4.78, 5) is 40.2. The van der Waals surface area contributed by atoms with Crippen molar-refractivity contribution in [3.05, 3.63) is 60.2 Å². The highest BCUT2D eigenvalue weighted by Gasteiger charge is 2.16. The molecular formula is C23H27N3O4. The molecule has 7 heteroatoms. The maximum atomic E-state index is 12.3. The number of nitrogens with one attached hydrogen (secondary N) is 1. The molecule has 1 heterocycles. The third-order valence-electron chi connectivity index (χ3n) is 5.00. The van der Waals surface area contributed by atoms with Crippen LogP contribution in [0.1, 0.15) is 23.2 Å². The zero-order valence-corrected chi connectivity index (χ0v) is 17.2. The van der Waals surface area contributed by atoms with E-state index in [0.29, 0.717) is 11.3 Å². The summed E-state index contributed by atoms with van der Waals surface area (Å²) in [6.45, 7) is 3.08. The van der Waals surface area contributed by atoms with Crippen LogP contribution < -0.4 is 10.2 Å². The van der Waals surface area contributed by atoms with E-state index >= 15 is 0 Å². The molecule has 2 aromatic rings. The molecule has 2 amide bonds. The summed E-state index contributed by atoms with van der Waals surface area (Å²) in [5, 5.41) is 2.81. The molecular weight excluding hydrogens is 382 g/mol. The van der Waals surface area contributed by atoms with Gasteiger partial charge in [-0.15, -0.1) is 0 Å². The lowest BCUT2D eigenvalue weighted by molar-refractivity contribution is -0.133. The van der Waals surface area contributed by atoms with E-state index in [1.54, 1.807) is 31.3 Å². The Labute approximate surface area is 176 Å².